The molecule has 1 rings (SSSR count). The zero-order valence-corrected chi connectivity index (χ0v) is 9.91. The highest BCUT2D eigenvalue weighted by Crippen LogP contribution is 2.20. The van der Waals surface area contributed by atoms with E-state index in [1.165, 1.54) is 16.8 Å². The SMILES string of the molecule is Cc1ccc(C)c(N(C)CC(C)C#N)c1. The molecule has 0 aliphatic heterocycles. The molecule has 80 valence electrons. The number of nitrogens with zero attached hydrogens (tertiary/aromatic N) is 2. The Morgan fingerprint density at radius 3 is 2.67 bits per heavy atom. The molecule has 1 aromatic carbocycles. The van der Waals surface area contributed by atoms with Crippen molar-refractivity contribution in [3.8, 4) is 6.07 Å². The second-order valence-electron chi connectivity index (χ2n) is 4.20. The summed E-state index contributed by atoms with van der Waals surface area (Å²) >= 11 is 0. The van der Waals surface area contributed by atoms with Crippen LogP contribution in [0.2, 0.25) is 0 Å². The number of aryl methyl sites for hydroxylation is 2. The highest BCUT2D eigenvalue weighted by atomic mass is 15.1. The highest BCUT2D eigenvalue weighted by molar-refractivity contribution is 5.54. The van der Waals surface area contributed by atoms with E-state index in [1.807, 2.05) is 14.0 Å². The molecule has 0 aromatic heterocycles. The molecule has 1 aromatic rings. The monoisotopic (exact) mass is 202 g/mol. The van der Waals surface area contributed by atoms with Gasteiger partial charge in [0.05, 0.1) is 12.0 Å². The summed E-state index contributed by atoms with van der Waals surface area (Å²) in [6, 6.07) is 8.66. The van der Waals surface area contributed by atoms with Crippen molar-refractivity contribution in [1.82, 2.24) is 0 Å². The second kappa shape index (κ2) is 4.84. The maximum Gasteiger partial charge on any atom is 0.0671 e. The first-order valence-electron chi connectivity index (χ1n) is 5.22. The van der Waals surface area contributed by atoms with E-state index in [2.05, 4.69) is 43.0 Å². The Morgan fingerprint density at radius 1 is 1.40 bits per heavy atom. The molecule has 0 spiro atoms. The van der Waals surface area contributed by atoms with E-state index >= 15 is 0 Å². The summed E-state index contributed by atoms with van der Waals surface area (Å²) < 4.78 is 0. The third-order valence-corrected chi connectivity index (χ3v) is 2.54. The molecule has 1 unspecified atom stereocenters. The minimum atomic E-state index is 0.0647. The van der Waals surface area contributed by atoms with Gasteiger partial charge in [0.1, 0.15) is 0 Å². The lowest BCUT2D eigenvalue weighted by Gasteiger charge is -2.22. The molecular weight excluding hydrogens is 184 g/mol. The molecule has 0 saturated carbocycles. The van der Waals surface area contributed by atoms with E-state index in [4.69, 9.17) is 5.26 Å². The molecule has 0 saturated heterocycles. The maximum absolute atomic E-state index is 8.78. The summed E-state index contributed by atoms with van der Waals surface area (Å²) in [5.41, 5.74) is 3.73. The van der Waals surface area contributed by atoms with Gasteiger partial charge in [-0.25, -0.2) is 0 Å². The van der Waals surface area contributed by atoms with Gasteiger partial charge in [0.25, 0.3) is 0 Å². The van der Waals surface area contributed by atoms with Gasteiger partial charge in [-0.15, -0.1) is 0 Å². The number of rotatable bonds is 3. The van der Waals surface area contributed by atoms with Crippen molar-refractivity contribution in [1.29, 1.82) is 5.26 Å². The van der Waals surface area contributed by atoms with Crippen LogP contribution in [-0.4, -0.2) is 13.6 Å². The predicted molar refractivity (Wildman–Crippen MR) is 64.0 cm³/mol. The summed E-state index contributed by atoms with van der Waals surface area (Å²) in [7, 11) is 2.04. The van der Waals surface area contributed by atoms with Crippen molar-refractivity contribution >= 4 is 5.69 Å². The van der Waals surface area contributed by atoms with Gasteiger partial charge in [0, 0.05) is 19.3 Å². The van der Waals surface area contributed by atoms with Crippen LogP contribution in [0.1, 0.15) is 18.1 Å². The molecule has 0 fully saturated rings. The van der Waals surface area contributed by atoms with Crippen molar-refractivity contribution in [2.45, 2.75) is 20.8 Å². The first kappa shape index (κ1) is 11.6. The first-order valence-corrected chi connectivity index (χ1v) is 5.22. The Hall–Kier alpha value is -1.49. The van der Waals surface area contributed by atoms with E-state index in [1.54, 1.807) is 0 Å². The smallest absolute Gasteiger partial charge is 0.0671 e. The van der Waals surface area contributed by atoms with Gasteiger partial charge in [0.15, 0.2) is 0 Å². The summed E-state index contributed by atoms with van der Waals surface area (Å²) in [5, 5.41) is 8.78. The Morgan fingerprint density at radius 2 is 2.07 bits per heavy atom. The molecule has 2 heteroatoms. The largest absolute Gasteiger partial charge is 0.373 e. The van der Waals surface area contributed by atoms with Crippen LogP contribution < -0.4 is 4.90 Å². The lowest BCUT2D eigenvalue weighted by atomic mass is 10.1. The van der Waals surface area contributed by atoms with Crippen LogP contribution in [0, 0.1) is 31.1 Å². The normalized spacial score (nSPS) is 11.9. The van der Waals surface area contributed by atoms with Gasteiger partial charge in [-0.3, -0.25) is 0 Å². The number of hydrogen-bond donors (Lipinski definition) is 0. The molecule has 1 atom stereocenters. The van der Waals surface area contributed by atoms with Crippen LogP contribution in [0.4, 0.5) is 5.69 Å². The van der Waals surface area contributed by atoms with Crippen LogP contribution >= 0.6 is 0 Å². The highest BCUT2D eigenvalue weighted by Gasteiger charge is 2.08. The van der Waals surface area contributed by atoms with E-state index in [0.29, 0.717) is 0 Å². The number of benzene rings is 1. The average Bonchev–Trinajstić information content (AvgIpc) is 2.21. The summed E-state index contributed by atoms with van der Waals surface area (Å²) in [4.78, 5) is 2.15. The Balaban J connectivity index is 2.86. The van der Waals surface area contributed by atoms with Crippen LogP contribution in [-0.2, 0) is 0 Å². The standard InChI is InChI=1S/C13H18N2/c1-10-5-6-12(3)13(7-10)15(4)9-11(2)8-14/h5-7,11H,9H2,1-4H3. The van der Waals surface area contributed by atoms with Gasteiger partial charge in [-0.05, 0) is 38.0 Å². The maximum atomic E-state index is 8.78. The van der Waals surface area contributed by atoms with Gasteiger partial charge in [-0.1, -0.05) is 12.1 Å². The lowest BCUT2D eigenvalue weighted by molar-refractivity contribution is 0.715. The van der Waals surface area contributed by atoms with E-state index in [0.717, 1.165) is 6.54 Å². The van der Waals surface area contributed by atoms with Crippen molar-refractivity contribution in [3.05, 3.63) is 29.3 Å². The van der Waals surface area contributed by atoms with Crippen LogP contribution in [0.25, 0.3) is 0 Å². The molecule has 0 aliphatic rings. The van der Waals surface area contributed by atoms with Gasteiger partial charge in [-0.2, -0.15) is 5.26 Å². The summed E-state index contributed by atoms with van der Waals surface area (Å²) in [6.45, 7) is 6.91. The molecule has 0 aliphatic carbocycles. The van der Waals surface area contributed by atoms with E-state index in [9.17, 15) is 0 Å². The first-order chi connectivity index (χ1) is 7.04. The molecule has 2 nitrogen and oxygen atoms in total. The summed E-state index contributed by atoms with van der Waals surface area (Å²) in [5.74, 6) is 0.0647. The molecule has 0 N–H and O–H groups in total. The van der Waals surface area contributed by atoms with E-state index in [-0.39, 0.29) is 5.92 Å². The van der Waals surface area contributed by atoms with Crippen molar-refractivity contribution in [2.75, 3.05) is 18.5 Å². The molecule has 0 heterocycles. The molecule has 0 amide bonds. The second-order valence-corrected chi connectivity index (χ2v) is 4.20. The minimum absolute atomic E-state index is 0.0647. The van der Waals surface area contributed by atoms with Gasteiger partial charge in [0.2, 0.25) is 0 Å². The fourth-order valence-electron chi connectivity index (χ4n) is 1.68. The topological polar surface area (TPSA) is 27.0 Å². The fraction of sp³-hybridized carbons (Fsp3) is 0.462. The van der Waals surface area contributed by atoms with Crippen molar-refractivity contribution in [3.63, 3.8) is 0 Å². The molecular formula is C13H18N2. The average molecular weight is 202 g/mol. The number of nitriles is 1. The van der Waals surface area contributed by atoms with Gasteiger partial charge < -0.3 is 4.90 Å². The Kier molecular flexibility index (Phi) is 3.74. The molecule has 15 heavy (non-hydrogen) atoms. The zero-order valence-electron chi connectivity index (χ0n) is 9.91. The third kappa shape index (κ3) is 2.99. The van der Waals surface area contributed by atoms with Crippen LogP contribution in [0.15, 0.2) is 18.2 Å². The third-order valence-electron chi connectivity index (χ3n) is 2.54. The quantitative estimate of drug-likeness (QED) is 0.753. The minimum Gasteiger partial charge on any atom is -0.373 e. The lowest BCUT2D eigenvalue weighted by Crippen LogP contribution is -2.23. The zero-order chi connectivity index (χ0) is 11.4. The van der Waals surface area contributed by atoms with Crippen LogP contribution in [0.3, 0.4) is 0 Å². The van der Waals surface area contributed by atoms with Gasteiger partial charge >= 0.3 is 0 Å². The van der Waals surface area contributed by atoms with Crippen molar-refractivity contribution < 1.29 is 0 Å². The molecule has 0 bridgehead atoms. The summed E-state index contributed by atoms with van der Waals surface area (Å²) in [6.07, 6.45) is 0. The molecule has 0 radical (unpaired) electrons. The number of anilines is 1. The van der Waals surface area contributed by atoms with Crippen molar-refractivity contribution in [2.24, 2.45) is 5.92 Å². The number of hydrogen-bond acceptors (Lipinski definition) is 2. The van der Waals surface area contributed by atoms with Crippen LogP contribution in [0.5, 0.6) is 0 Å². The fourth-order valence-corrected chi connectivity index (χ4v) is 1.68. The Bertz CT molecular complexity index is 377. The Labute approximate surface area is 92.1 Å². The van der Waals surface area contributed by atoms with E-state index < -0.39 is 0 Å². The predicted octanol–water partition coefficient (Wildman–Crippen LogP) is 2.90.